The van der Waals surface area contributed by atoms with Crippen molar-refractivity contribution in [2.45, 2.75) is 11.8 Å². The monoisotopic (exact) mass is 498 g/mol. The smallest absolute Gasteiger partial charge is 0.339 e. The average Bonchev–Trinajstić information content (AvgIpc) is 3.22. The molecule has 0 spiro atoms. The predicted molar refractivity (Wildman–Crippen MR) is 128 cm³/mol. The Morgan fingerprint density at radius 3 is 2.35 bits per heavy atom. The first-order valence-electron chi connectivity index (χ1n) is 9.92. The summed E-state index contributed by atoms with van der Waals surface area (Å²) >= 11 is 5.95. The van der Waals surface area contributed by atoms with Crippen molar-refractivity contribution < 1.29 is 22.2 Å². The Balaban J connectivity index is 1.42. The second-order valence-electron chi connectivity index (χ2n) is 7.43. The van der Waals surface area contributed by atoms with Gasteiger partial charge in [0.2, 0.25) is 0 Å². The van der Waals surface area contributed by atoms with Crippen LogP contribution in [0.1, 0.15) is 26.4 Å². The molecule has 0 bridgehead atoms. The minimum Gasteiger partial charge on any atom is -0.396 e. The van der Waals surface area contributed by atoms with Crippen molar-refractivity contribution in [3.63, 3.8) is 0 Å². The number of anilines is 1. The number of aromatic nitrogens is 1. The Labute approximate surface area is 200 Å². The number of fused-ring (bicyclic) bond motifs is 1. The highest BCUT2D eigenvalue weighted by Gasteiger charge is 2.19. The number of aromatic amines is 1. The lowest BCUT2D eigenvalue weighted by molar-refractivity contribution is 0.0844. The van der Waals surface area contributed by atoms with Gasteiger partial charge in [0.25, 0.3) is 11.8 Å². The van der Waals surface area contributed by atoms with Gasteiger partial charge in [-0.25, -0.2) is 0 Å². The van der Waals surface area contributed by atoms with E-state index < -0.39 is 21.9 Å². The van der Waals surface area contributed by atoms with Gasteiger partial charge in [-0.2, -0.15) is 8.42 Å². The first kappa shape index (κ1) is 23.1. The number of aryl methyl sites for hydroxylation is 1. The largest absolute Gasteiger partial charge is 0.396 e. The maximum absolute atomic E-state index is 12.5. The fourth-order valence-corrected chi connectivity index (χ4v) is 4.25. The van der Waals surface area contributed by atoms with Crippen LogP contribution < -0.4 is 20.8 Å². The van der Waals surface area contributed by atoms with Crippen molar-refractivity contribution in [3.8, 4) is 5.75 Å². The first-order chi connectivity index (χ1) is 16.1. The van der Waals surface area contributed by atoms with Crippen molar-refractivity contribution in [1.82, 2.24) is 15.8 Å². The topological polar surface area (TPSA) is 143 Å². The summed E-state index contributed by atoms with van der Waals surface area (Å²) in [6.45, 7) is 1.83. The highest BCUT2D eigenvalue weighted by molar-refractivity contribution is 7.87. The number of hydrogen-bond acceptors (Lipinski definition) is 6. The van der Waals surface area contributed by atoms with Gasteiger partial charge in [0.15, 0.2) is 5.75 Å². The third-order valence-electron chi connectivity index (χ3n) is 4.90. The van der Waals surface area contributed by atoms with Gasteiger partial charge in [0.05, 0.1) is 5.69 Å². The molecule has 34 heavy (non-hydrogen) atoms. The molecule has 4 aromatic rings. The number of carbonyl (C=O) groups is 2. The second-order valence-corrected chi connectivity index (χ2v) is 9.41. The lowest BCUT2D eigenvalue weighted by Gasteiger charge is -2.11. The number of nitrogens with one attached hydrogen (secondary N) is 3. The molecule has 1 aromatic heterocycles. The first-order valence-corrected chi connectivity index (χ1v) is 11.7. The van der Waals surface area contributed by atoms with E-state index in [4.69, 9.17) is 21.5 Å². The number of rotatable bonds is 5. The molecule has 9 nitrogen and oxygen atoms in total. The highest BCUT2D eigenvalue weighted by Crippen LogP contribution is 2.26. The summed E-state index contributed by atoms with van der Waals surface area (Å²) in [5.41, 5.74) is 12.3. The lowest BCUT2D eigenvalue weighted by atomic mass is 10.2. The van der Waals surface area contributed by atoms with Crippen LogP contribution in [-0.4, -0.2) is 25.2 Å². The molecular formula is C23H19ClN4O5S. The maximum Gasteiger partial charge on any atom is 0.339 e. The summed E-state index contributed by atoms with van der Waals surface area (Å²) < 4.78 is 30.0. The van der Waals surface area contributed by atoms with Crippen molar-refractivity contribution >= 4 is 50.1 Å². The van der Waals surface area contributed by atoms with E-state index in [2.05, 4.69) is 15.8 Å². The lowest BCUT2D eigenvalue weighted by Crippen LogP contribution is -2.41. The molecule has 0 aliphatic heterocycles. The number of hydrazine groups is 1. The summed E-state index contributed by atoms with van der Waals surface area (Å²) in [5.74, 6) is -1.36. The van der Waals surface area contributed by atoms with Gasteiger partial charge in [0, 0.05) is 21.5 Å². The summed E-state index contributed by atoms with van der Waals surface area (Å²) in [6, 6.07) is 16.7. The van der Waals surface area contributed by atoms with Gasteiger partial charge >= 0.3 is 10.1 Å². The van der Waals surface area contributed by atoms with Crippen molar-refractivity contribution in [1.29, 1.82) is 0 Å². The van der Waals surface area contributed by atoms with E-state index in [-0.39, 0.29) is 27.6 Å². The fourth-order valence-electron chi connectivity index (χ4n) is 3.12. The molecule has 0 fully saturated rings. The van der Waals surface area contributed by atoms with Crippen molar-refractivity contribution in [2.75, 3.05) is 5.73 Å². The molecule has 11 heteroatoms. The van der Waals surface area contributed by atoms with Gasteiger partial charge in [-0.15, -0.1) is 0 Å². The minimum atomic E-state index is -4.10. The van der Waals surface area contributed by atoms with Crippen LogP contribution in [0.5, 0.6) is 5.75 Å². The number of carbonyl (C=O) groups excluding carboxylic acids is 2. The summed E-state index contributed by atoms with van der Waals surface area (Å²) in [4.78, 5) is 27.7. The van der Waals surface area contributed by atoms with E-state index in [1.165, 1.54) is 30.3 Å². The van der Waals surface area contributed by atoms with Crippen LogP contribution in [-0.2, 0) is 10.1 Å². The number of H-pyrrole nitrogens is 1. The third kappa shape index (κ3) is 4.98. The minimum absolute atomic E-state index is 0.0266. The number of nitrogen functional groups attached to an aromatic ring is 1. The third-order valence-corrected chi connectivity index (χ3v) is 6.38. The summed E-state index contributed by atoms with van der Waals surface area (Å²) in [5, 5.41) is 1.27. The van der Waals surface area contributed by atoms with Crippen molar-refractivity contribution in [2.24, 2.45) is 0 Å². The molecule has 174 valence electrons. The molecule has 0 aliphatic rings. The summed E-state index contributed by atoms with van der Waals surface area (Å²) in [7, 11) is -4.10. The predicted octanol–water partition coefficient (Wildman–Crippen LogP) is 3.55. The van der Waals surface area contributed by atoms with Gasteiger partial charge in [-0.3, -0.25) is 20.4 Å². The Kier molecular flexibility index (Phi) is 6.18. The quantitative estimate of drug-likeness (QED) is 0.188. The van der Waals surface area contributed by atoms with E-state index in [9.17, 15) is 18.0 Å². The molecule has 1 heterocycles. The van der Waals surface area contributed by atoms with Gasteiger partial charge in [-0.05, 0) is 61.5 Å². The van der Waals surface area contributed by atoms with E-state index in [1.807, 2.05) is 6.92 Å². The Morgan fingerprint density at radius 1 is 0.941 bits per heavy atom. The number of nitrogens with two attached hydrogens (primary N) is 1. The average molecular weight is 499 g/mol. The maximum atomic E-state index is 12.5. The standard InChI is InChI=1S/C23H19ClN4O5S/c1-13-2-6-17(7-3-13)34(31,32)33-21-9-4-14(11-18(21)25)22(29)27-28-23(30)20-12-15-10-16(24)5-8-19(15)26-20/h2-12,26H,25H2,1H3,(H,27,29)(H,28,30). The van der Waals surface area contributed by atoms with E-state index in [0.717, 1.165) is 10.9 Å². The Bertz CT molecular complexity index is 1510. The van der Waals surface area contributed by atoms with Crippen LogP contribution in [0.3, 0.4) is 0 Å². The second kappa shape index (κ2) is 9.08. The molecule has 4 rings (SSSR count). The van der Waals surface area contributed by atoms with Crippen LogP contribution in [0, 0.1) is 6.92 Å². The van der Waals surface area contributed by atoms with E-state index in [1.54, 1.807) is 36.4 Å². The molecule has 0 saturated carbocycles. The number of benzene rings is 3. The van der Waals surface area contributed by atoms with Gasteiger partial charge in [-0.1, -0.05) is 29.3 Å². The summed E-state index contributed by atoms with van der Waals surface area (Å²) in [6.07, 6.45) is 0. The molecule has 0 aliphatic carbocycles. The fraction of sp³-hybridized carbons (Fsp3) is 0.0435. The normalized spacial score (nSPS) is 11.2. The molecule has 5 N–H and O–H groups in total. The Hall–Kier alpha value is -4.02. The number of hydrogen-bond donors (Lipinski definition) is 4. The van der Waals surface area contributed by atoms with Crippen LogP contribution in [0.25, 0.3) is 10.9 Å². The zero-order valence-electron chi connectivity index (χ0n) is 17.8. The van der Waals surface area contributed by atoms with E-state index >= 15 is 0 Å². The van der Waals surface area contributed by atoms with E-state index in [0.29, 0.717) is 10.5 Å². The number of amides is 2. The molecule has 0 radical (unpaired) electrons. The van der Waals surface area contributed by atoms with Crippen LogP contribution in [0.15, 0.2) is 71.6 Å². The molecule has 0 saturated heterocycles. The van der Waals surface area contributed by atoms with Crippen LogP contribution in [0.4, 0.5) is 5.69 Å². The number of halogens is 1. The van der Waals surface area contributed by atoms with Crippen LogP contribution in [0.2, 0.25) is 5.02 Å². The zero-order valence-corrected chi connectivity index (χ0v) is 19.3. The SMILES string of the molecule is Cc1ccc(S(=O)(=O)Oc2ccc(C(=O)NNC(=O)c3cc4cc(Cl)ccc4[nH]3)cc2N)cc1. The Morgan fingerprint density at radius 2 is 1.65 bits per heavy atom. The molecule has 0 atom stereocenters. The molecule has 2 amide bonds. The zero-order chi connectivity index (χ0) is 24.5. The molecule has 3 aromatic carbocycles. The molecule has 0 unspecified atom stereocenters. The van der Waals surface area contributed by atoms with Crippen LogP contribution >= 0.6 is 11.6 Å². The van der Waals surface area contributed by atoms with Crippen molar-refractivity contribution in [3.05, 3.63) is 88.6 Å². The van der Waals surface area contributed by atoms with Gasteiger partial charge < -0.3 is 14.9 Å². The molecular weight excluding hydrogens is 480 g/mol. The van der Waals surface area contributed by atoms with Gasteiger partial charge in [0.1, 0.15) is 10.6 Å². The highest BCUT2D eigenvalue weighted by atomic mass is 35.5.